The van der Waals surface area contributed by atoms with E-state index in [0.717, 1.165) is 24.7 Å². The normalized spacial score (nSPS) is 21.9. The molecule has 67 heavy (non-hydrogen) atoms. The van der Waals surface area contributed by atoms with Gasteiger partial charge in [-0.2, -0.15) is 0 Å². The molecule has 7 rings (SSSR count). The van der Waals surface area contributed by atoms with E-state index >= 15 is 0 Å². The molecule has 2 aromatic heterocycles. The summed E-state index contributed by atoms with van der Waals surface area (Å²) in [5.74, 6) is 3.23. The van der Waals surface area contributed by atoms with Crippen molar-refractivity contribution in [2.75, 3.05) is 13.2 Å². The summed E-state index contributed by atoms with van der Waals surface area (Å²) in [5, 5.41) is 28.0. The van der Waals surface area contributed by atoms with Crippen molar-refractivity contribution < 1.29 is 28.9 Å². The maximum atomic E-state index is 12.9. The van der Waals surface area contributed by atoms with E-state index in [0.29, 0.717) is 67.0 Å². The van der Waals surface area contributed by atoms with E-state index < -0.39 is 11.2 Å². The number of esters is 2. The monoisotopic (exact) mass is 929 g/mol. The van der Waals surface area contributed by atoms with Gasteiger partial charge < -0.3 is 19.3 Å². The summed E-state index contributed by atoms with van der Waals surface area (Å²) in [6, 6.07) is 10.1. The van der Waals surface area contributed by atoms with Crippen LogP contribution in [0.2, 0.25) is 0 Å². The minimum atomic E-state index is -0.501. The van der Waals surface area contributed by atoms with Crippen LogP contribution in [0.1, 0.15) is 250 Å². The summed E-state index contributed by atoms with van der Waals surface area (Å²) in [6.07, 6.45) is 15.7. The summed E-state index contributed by atoms with van der Waals surface area (Å²) in [4.78, 5) is 25.4. The zero-order valence-electron chi connectivity index (χ0n) is 43.6. The van der Waals surface area contributed by atoms with Gasteiger partial charge >= 0.3 is 11.9 Å². The van der Waals surface area contributed by atoms with E-state index in [2.05, 4.69) is 68.7 Å². The molecule has 0 saturated heterocycles. The molecule has 0 amide bonds. The topological polar surface area (TPSA) is 143 Å². The van der Waals surface area contributed by atoms with Crippen LogP contribution < -0.4 is 0 Å². The van der Waals surface area contributed by atoms with E-state index in [9.17, 15) is 14.7 Å². The largest absolute Gasteiger partial charge is 0.460 e. The first kappa shape index (κ1) is 52.7. The molecule has 3 aromatic rings. The van der Waals surface area contributed by atoms with Crippen LogP contribution >= 0.6 is 0 Å². The van der Waals surface area contributed by atoms with E-state index in [1.54, 1.807) is 0 Å². The summed E-state index contributed by atoms with van der Waals surface area (Å²) in [6.45, 7) is 26.7. The maximum Gasteiger partial charge on any atom is 0.308 e. The van der Waals surface area contributed by atoms with Crippen LogP contribution in [-0.2, 0) is 30.4 Å². The Hall–Kier alpha value is -3.64. The Morgan fingerprint density at radius 2 is 1.04 bits per heavy atom. The summed E-state index contributed by atoms with van der Waals surface area (Å²) < 4.78 is 21.3. The molecule has 0 bridgehead atoms. The lowest BCUT2D eigenvalue weighted by atomic mass is 9.67. The Balaban J connectivity index is 0.000000226. The third-order valence-electron chi connectivity index (χ3n) is 13.5. The fourth-order valence-electron chi connectivity index (χ4n) is 10.5. The molecule has 0 spiro atoms. The number of aliphatic hydroxyl groups excluding tert-OH is 1. The van der Waals surface area contributed by atoms with E-state index in [-0.39, 0.29) is 37.0 Å². The van der Waals surface area contributed by atoms with Crippen LogP contribution in [-0.4, -0.2) is 71.4 Å². The van der Waals surface area contributed by atoms with Crippen molar-refractivity contribution in [1.29, 1.82) is 0 Å². The first-order valence-corrected chi connectivity index (χ1v) is 26.0. The maximum absolute atomic E-state index is 12.9. The fourth-order valence-corrected chi connectivity index (χ4v) is 10.5. The number of carbonyl (C=O) groups excluding carboxylic acids is 2. The van der Waals surface area contributed by atoms with Crippen LogP contribution in [0.25, 0.3) is 0 Å². The number of carbonyl (C=O) groups is 2. The second kappa shape index (κ2) is 22.4. The molecule has 2 atom stereocenters. The second-order valence-electron chi connectivity index (χ2n) is 25.2. The quantitative estimate of drug-likeness (QED) is 0.0810. The SMILES string of the molecule is CC(C)(C)CC1CC(c2nnn([C@@H](CCCO)CC(=O)OC(C)(C)C)c2C2CC2)C1.CC(C)(C)CC1CC(c2nnn([C@@H](CCCOCc3ccccc3)CC(=O)OC(C)(C)C)c2C2CC2)C1. The minimum absolute atomic E-state index is 0.0579. The second-order valence-corrected chi connectivity index (χ2v) is 25.2. The lowest BCUT2D eigenvalue weighted by Crippen LogP contribution is -2.28. The molecule has 0 radical (unpaired) electrons. The zero-order valence-corrected chi connectivity index (χ0v) is 43.6. The van der Waals surface area contributed by atoms with Gasteiger partial charge in [0.2, 0.25) is 0 Å². The van der Waals surface area contributed by atoms with E-state index in [4.69, 9.17) is 24.5 Å². The number of rotatable bonds is 21. The molecular formula is C55H88N6O6. The molecule has 1 N–H and O–H groups in total. The van der Waals surface area contributed by atoms with Crippen LogP contribution in [0, 0.1) is 22.7 Å². The van der Waals surface area contributed by atoms with Crippen molar-refractivity contribution in [2.24, 2.45) is 22.7 Å². The summed E-state index contributed by atoms with van der Waals surface area (Å²) in [5.41, 5.74) is 5.82. The van der Waals surface area contributed by atoms with Crippen LogP contribution in [0.3, 0.4) is 0 Å². The first-order chi connectivity index (χ1) is 31.4. The molecule has 12 nitrogen and oxygen atoms in total. The Labute approximate surface area is 403 Å². The molecule has 0 unspecified atom stereocenters. The molecule has 0 aliphatic heterocycles. The third kappa shape index (κ3) is 16.8. The van der Waals surface area contributed by atoms with Gasteiger partial charge in [-0.15, -0.1) is 10.2 Å². The van der Waals surface area contributed by atoms with Gasteiger partial charge in [0.1, 0.15) is 11.2 Å². The lowest BCUT2D eigenvalue weighted by molar-refractivity contribution is -0.157. The molecule has 4 fully saturated rings. The van der Waals surface area contributed by atoms with E-state index in [1.807, 2.05) is 64.4 Å². The fraction of sp³-hybridized carbons (Fsp3) is 0.782. The molecule has 4 saturated carbocycles. The van der Waals surface area contributed by atoms with Crippen molar-refractivity contribution in [3.8, 4) is 0 Å². The number of hydrogen-bond acceptors (Lipinski definition) is 10. The Morgan fingerprint density at radius 3 is 1.42 bits per heavy atom. The van der Waals surface area contributed by atoms with Gasteiger partial charge in [-0.25, -0.2) is 9.36 Å². The molecular weight excluding hydrogens is 841 g/mol. The standard InChI is InChI=1S/C31H47N3O3.C24H41N3O3/c1-30(2,3)20-23-17-25(18-23)28-29(24-14-15-24)34(33-32-28)26(19-27(35)37-31(4,5)6)13-10-16-36-21-22-11-8-7-9-12-22;1-23(2,3)15-16-12-18(13-16)21-22(17-9-10-17)27(26-25-21)19(8-7-11-28)14-20(29)30-24(4,5)6/h7-9,11-12,23-26H,10,13-21H2,1-6H3;16-19,28H,7-15H2,1-6H3/t23?,25?,26-;16?,18?,19-/m00/s1. The zero-order chi connectivity index (χ0) is 48.7. The molecule has 2 heterocycles. The number of aliphatic hydroxyl groups is 1. The molecule has 4 aliphatic carbocycles. The van der Waals surface area contributed by atoms with Crippen molar-refractivity contribution in [3.05, 3.63) is 58.7 Å². The number of ether oxygens (including phenoxy) is 3. The highest BCUT2D eigenvalue weighted by molar-refractivity contribution is 5.70. The number of benzene rings is 1. The Bertz CT molecular complexity index is 2010. The molecule has 4 aliphatic rings. The third-order valence-corrected chi connectivity index (χ3v) is 13.5. The van der Waals surface area contributed by atoms with Gasteiger partial charge in [0, 0.05) is 36.9 Å². The smallest absolute Gasteiger partial charge is 0.308 e. The minimum Gasteiger partial charge on any atom is -0.460 e. The van der Waals surface area contributed by atoms with Crippen molar-refractivity contribution in [2.45, 2.75) is 239 Å². The van der Waals surface area contributed by atoms with Gasteiger partial charge in [0.05, 0.1) is 54.3 Å². The van der Waals surface area contributed by atoms with Crippen LogP contribution in [0.4, 0.5) is 0 Å². The average Bonchev–Trinajstić information content (AvgIpc) is 4.12. The van der Waals surface area contributed by atoms with Gasteiger partial charge in [-0.3, -0.25) is 9.59 Å². The molecule has 374 valence electrons. The Morgan fingerprint density at radius 1 is 0.627 bits per heavy atom. The van der Waals surface area contributed by atoms with Gasteiger partial charge in [-0.1, -0.05) is 82.3 Å². The Kier molecular flexibility index (Phi) is 17.6. The van der Waals surface area contributed by atoms with Crippen molar-refractivity contribution in [3.63, 3.8) is 0 Å². The van der Waals surface area contributed by atoms with Gasteiger partial charge in [-0.05, 0) is 160 Å². The lowest BCUT2D eigenvalue weighted by Gasteiger charge is -2.38. The summed E-state index contributed by atoms with van der Waals surface area (Å²) in [7, 11) is 0. The summed E-state index contributed by atoms with van der Waals surface area (Å²) >= 11 is 0. The van der Waals surface area contributed by atoms with Gasteiger partial charge in [0.25, 0.3) is 0 Å². The number of nitrogens with zero attached hydrogens (tertiary/aromatic N) is 6. The highest BCUT2D eigenvalue weighted by Gasteiger charge is 2.43. The predicted molar refractivity (Wildman–Crippen MR) is 264 cm³/mol. The van der Waals surface area contributed by atoms with Crippen molar-refractivity contribution in [1.82, 2.24) is 30.0 Å². The number of aromatic nitrogens is 6. The highest BCUT2D eigenvalue weighted by Crippen LogP contribution is 2.53. The molecule has 1 aromatic carbocycles. The van der Waals surface area contributed by atoms with Crippen LogP contribution in [0.5, 0.6) is 0 Å². The van der Waals surface area contributed by atoms with Gasteiger partial charge in [0.15, 0.2) is 0 Å². The average molecular weight is 929 g/mol. The number of hydrogen-bond donors (Lipinski definition) is 1. The van der Waals surface area contributed by atoms with Crippen molar-refractivity contribution >= 4 is 11.9 Å². The van der Waals surface area contributed by atoms with Crippen LogP contribution in [0.15, 0.2) is 30.3 Å². The predicted octanol–water partition coefficient (Wildman–Crippen LogP) is 12.5. The highest BCUT2D eigenvalue weighted by atomic mass is 16.6. The van der Waals surface area contributed by atoms with E-state index in [1.165, 1.54) is 92.5 Å². The first-order valence-electron chi connectivity index (χ1n) is 26.0. The molecule has 12 heteroatoms.